The SMILES string of the molecule is Cc1ccc(-n2cccc2)c(S)c1. The average Bonchev–Trinajstić information content (AvgIpc) is 2.56. The average molecular weight is 189 g/mol. The molecule has 0 spiro atoms. The molecule has 0 aliphatic heterocycles. The highest BCUT2D eigenvalue weighted by atomic mass is 32.1. The first-order valence-corrected chi connectivity index (χ1v) is 4.65. The lowest BCUT2D eigenvalue weighted by molar-refractivity contribution is 1.04. The molecule has 66 valence electrons. The van der Waals surface area contributed by atoms with Crippen LogP contribution in [-0.4, -0.2) is 4.57 Å². The van der Waals surface area contributed by atoms with Crippen LogP contribution >= 0.6 is 12.6 Å². The molecular weight excluding hydrogens is 178 g/mol. The van der Waals surface area contributed by atoms with Crippen molar-refractivity contribution in [1.82, 2.24) is 4.57 Å². The van der Waals surface area contributed by atoms with Crippen LogP contribution in [0.5, 0.6) is 0 Å². The van der Waals surface area contributed by atoms with Crippen LogP contribution in [0.3, 0.4) is 0 Å². The molecule has 0 radical (unpaired) electrons. The molecule has 1 aromatic carbocycles. The van der Waals surface area contributed by atoms with E-state index in [4.69, 9.17) is 0 Å². The molecule has 1 aromatic heterocycles. The summed E-state index contributed by atoms with van der Waals surface area (Å²) in [7, 11) is 0. The molecule has 0 aliphatic carbocycles. The van der Waals surface area contributed by atoms with Crippen molar-refractivity contribution >= 4 is 12.6 Å². The summed E-state index contributed by atoms with van der Waals surface area (Å²) in [6.45, 7) is 2.07. The van der Waals surface area contributed by atoms with E-state index in [1.807, 2.05) is 24.5 Å². The molecule has 13 heavy (non-hydrogen) atoms. The smallest absolute Gasteiger partial charge is 0.0582 e. The lowest BCUT2D eigenvalue weighted by Gasteiger charge is -2.06. The van der Waals surface area contributed by atoms with Crippen molar-refractivity contribution in [2.24, 2.45) is 0 Å². The molecule has 2 heteroatoms. The Morgan fingerprint density at radius 1 is 1.15 bits per heavy atom. The van der Waals surface area contributed by atoms with Gasteiger partial charge in [0, 0.05) is 17.3 Å². The van der Waals surface area contributed by atoms with E-state index in [1.165, 1.54) is 5.56 Å². The second-order valence-corrected chi connectivity index (χ2v) is 3.56. The van der Waals surface area contributed by atoms with Gasteiger partial charge >= 0.3 is 0 Å². The molecule has 0 unspecified atom stereocenters. The molecule has 0 N–H and O–H groups in total. The Kier molecular flexibility index (Phi) is 2.15. The summed E-state index contributed by atoms with van der Waals surface area (Å²) in [4.78, 5) is 1.01. The third-order valence-corrected chi connectivity index (χ3v) is 2.37. The standard InChI is InChI=1S/C11H11NS/c1-9-4-5-10(11(13)8-9)12-6-2-3-7-12/h2-8,13H,1H3. The monoisotopic (exact) mass is 189 g/mol. The van der Waals surface area contributed by atoms with Gasteiger partial charge in [-0.15, -0.1) is 12.6 Å². The van der Waals surface area contributed by atoms with E-state index in [0.717, 1.165) is 10.6 Å². The molecule has 0 saturated heterocycles. The summed E-state index contributed by atoms with van der Waals surface area (Å²) in [5, 5.41) is 0. The van der Waals surface area contributed by atoms with Crippen molar-refractivity contribution in [3.05, 3.63) is 48.3 Å². The maximum Gasteiger partial charge on any atom is 0.0582 e. The zero-order valence-corrected chi connectivity index (χ0v) is 8.33. The van der Waals surface area contributed by atoms with Gasteiger partial charge in [-0.05, 0) is 36.8 Å². The van der Waals surface area contributed by atoms with Gasteiger partial charge in [0.25, 0.3) is 0 Å². The van der Waals surface area contributed by atoms with Gasteiger partial charge in [0.1, 0.15) is 0 Å². The number of aryl methyl sites for hydroxylation is 1. The van der Waals surface area contributed by atoms with Crippen LogP contribution < -0.4 is 0 Å². The Hall–Kier alpha value is -1.15. The minimum atomic E-state index is 1.01. The summed E-state index contributed by atoms with van der Waals surface area (Å²) in [5.41, 5.74) is 2.36. The van der Waals surface area contributed by atoms with Crippen LogP contribution in [-0.2, 0) is 0 Å². The first-order chi connectivity index (χ1) is 6.27. The number of hydrogen-bond acceptors (Lipinski definition) is 1. The van der Waals surface area contributed by atoms with Crippen LogP contribution in [0.25, 0.3) is 5.69 Å². The molecule has 0 bridgehead atoms. The Bertz CT molecular complexity index is 404. The summed E-state index contributed by atoms with van der Waals surface area (Å²) in [6.07, 6.45) is 4.04. The minimum Gasteiger partial charge on any atom is -0.323 e. The molecular formula is C11H11NS. The highest BCUT2D eigenvalue weighted by Gasteiger charge is 1.99. The molecule has 1 nitrogen and oxygen atoms in total. The number of aromatic nitrogens is 1. The Morgan fingerprint density at radius 2 is 1.85 bits per heavy atom. The van der Waals surface area contributed by atoms with Crippen molar-refractivity contribution in [2.45, 2.75) is 11.8 Å². The van der Waals surface area contributed by atoms with Crippen LogP contribution in [0.2, 0.25) is 0 Å². The highest BCUT2D eigenvalue weighted by Crippen LogP contribution is 2.19. The van der Waals surface area contributed by atoms with Crippen LogP contribution in [0.15, 0.2) is 47.6 Å². The Balaban J connectivity index is 2.53. The first kappa shape index (κ1) is 8.45. The zero-order valence-electron chi connectivity index (χ0n) is 7.44. The second-order valence-electron chi connectivity index (χ2n) is 3.08. The lowest BCUT2D eigenvalue weighted by atomic mass is 10.2. The first-order valence-electron chi connectivity index (χ1n) is 4.20. The number of benzene rings is 1. The maximum atomic E-state index is 4.43. The topological polar surface area (TPSA) is 4.93 Å². The molecule has 1 heterocycles. The van der Waals surface area contributed by atoms with Gasteiger partial charge in [-0.3, -0.25) is 0 Å². The van der Waals surface area contributed by atoms with E-state index in [2.05, 4.69) is 42.3 Å². The summed E-state index contributed by atoms with van der Waals surface area (Å²) in [5.74, 6) is 0. The Labute approximate surface area is 83.4 Å². The molecule has 2 aromatic rings. The molecule has 0 atom stereocenters. The summed E-state index contributed by atoms with van der Waals surface area (Å²) >= 11 is 4.43. The van der Waals surface area contributed by atoms with E-state index in [1.54, 1.807) is 0 Å². The van der Waals surface area contributed by atoms with Crippen molar-refractivity contribution in [2.75, 3.05) is 0 Å². The largest absolute Gasteiger partial charge is 0.323 e. The Morgan fingerprint density at radius 3 is 2.46 bits per heavy atom. The fourth-order valence-electron chi connectivity index (χ4n) is 1.35. The number of rotatable bonds is 1. The molecule has 0 saturated carbocycles. The van der Waals surface area contributed by atoms with Crippen molar-refractivity contribution in [1.29, 1.82) is 0 Å². The number of nitrogens with zero attached hydrogens (tertiary/aromatic N) is 1. The number of thiol groups is 1. The van der Waals surface area contributed by atoms with Crippen LogP contribution in [0, 0.1) is 6.92 Å². The van der Waals surface area contributed by atoms with Crippen LogP contribution in [0.1, 0.15) is 5.56 Å². The van der Waals surface area contributed by atoms with E-state index >= 15 is 0 Å². The lowest BCUT2D eigenvalue weighted by Crippen LogP contribution is -1.91. The third kappa shape index (κ3) is 1.63. The van der Waals surface area contributed by atoms with E-state index in [9.17, 15) is 0 Å². The van der Waals surface area contributed by atoms with Gasteiger partial charge in [-0.1, -0.05) is 6.07 Å². The van der Waals surface area contributed by atoms with Crippen LogP contribution in [0.4, 0.5) is 0 Å². The van der Waals surface area contributed by atoms with Crippen molar-refractivity contribution < 1.29 is 0 Å². The number of hydrogen-bond donors (Lipinski definition) is 1. The predicted octanol–water partition coefficient (Wildman–Crippen LogP) is 3.07. The van der Waals surface area contributed by atoms with E-state index < -0.39 is 0 Å². The predicted molar refractivity (Wildman–Crippen MR) is 57.8 cm³/mol. The van der Waals surface area contributed by atoms with Gasteiger partial charge in [0.2, 0.25) is 0 Å². The zero-order chi connectivity index (χ0) is 9.26. The van der Waals surface area contributed by atoms with Gasteiger partial charge < -0.3 is 4.57 Å². The van der Waals surface area contributed by atoms with E-state index in [-0.39, 0.29) is 0 Å². The third-order valence-electron chi connectivity index (χ3n) is 2.01. The van der Waals surface area contributed by atoms with Gasteiger partial charge in [-0.25, -0.2) is 0 Å². The molecule has 0 fully saturated rings. The highest BCUT2D eigenvalue weighted by molar-refractivity contribution is 7.80. The van der Waals surface area contributed by atoms with Crippen molar-refractivity contribution in [3.8, 4) is 5.69 Å². The summed E-state index contributed by atoms with van der Waals surface area (Å²) in [6, 6.07) is 10.3. The fraction of sp³-hybridized carbons (Fsp3) is 0.0909. The van der Waals surface area contributed by atoms with Gasteiger partial charge in [0.05, 0.1) is 5.69 Å². The molecule has 0 aliphatic rings. The van der Waals surface area contributed by atoms with Gasteiger partial charge in [0.15, 0.2) is 0 Å². The fourth-order valence-corrected chi connectivity index (χ4v) is 1.74. The quantitative estimate of drug-likeness (QED) is 0.658. The molecule has 2 rings (SSSR count). The maximum absolute atomic E-state index is 4.43. The minimum absolute atomic E-state index is 1.01. The van der Waals surface area contributed by atoms with Gasteiger partial charge in [-0.2, -0.15) is 0 Å². The second kappa shape index (κ2) is 3.30. The van der Waals surface area contributed by atoms with Crippen molar-refractivity contribution in [3.63, 3.8) is 0 Å². The van der Waals surface area contributed by atoms with E-state index in [0.29, 0.717) is 0 Å². The summed E-state index contributed by atoms with van der Waals surface area (Å²) < 4.78 is 2.06. The normalized spacial score (nSPS) is 10.3. The molecule has 0 amide bonds.